The molecule has 0 aromatic carbocycles. The predicted molar refractivity (Wildman–Crippen MR) is 93.8 cm³/mol. The van der Waals surface area contributed by atoms with E-state index in [2.05, 4.69) is 39.4 Å². The quantitative estimate of drug-likeness (QED) is 0.803. The van der Waals surface area contributed by atoms with Gasteiger partial charge < -0.3 is 20.4 Å². The molecular formula is C17H29N5O. The number of likely N-dealkylation sites (N-methyl/N-ethyl adjacent to an activating group) is 1. The van der Waals surface area contributed by atoms with Gasteiger partial charge in [-0.05, 0) is 52.4 Å². The summed E-state index contributed by atoms with van der Waals surface area (Å²) in [6.45, 7) is 7.94. The van der Waals surface area contributed by atoms with Crippen LogP contribution in [-0.4, -0.2) is 61.2 Å². The second-order valence-electron chi connectivity index (χ2n) is 6.32. The summed E-state index contributed by atoms with van der Waals surface area (Å²) in [5.74, 6) is 0.987. The number of amides is 2. The molecule has 2 rings (SSSR count). The van der Waals surface area contributed by atoms with Crippen molar-refractivity contribution in [1.82, 2.24) is 20.5 Å². The number of nitrogens with zero attached hydrogens (tertiary/aromatic N) is 3. The van der Waals surface area contributed by atoms with Gasteiger partial charge in [-0.3, -0.25) is 0 Å². The molecule has 1 aliphatic rings. The highest BCUT2D eigenvalue weighted by Crippen LogP contribution is 2.10. The van der Waals surface area contributed by atoms with Crippen LogP contribution in [0.5, 0.6) is 0 Å². The summed E-state index contributed by atoms with van der Waals surface area (Å²) >= 11 is 0. The second kappa shape index (κ2) is 8.72. The van der Waals surface area contributed by atoms with Gasteiger partial charge in [0.05, 0.1) is 0 Å². The van der Waals surface area contributed by atoms with Crippen LogP contribution < -0.4 is 15.5 Å². The van der Waals surface area contributed by atoms with E-state index in [0.29, 0.717) is 0 Å². The second-order valence-corrected chi connectivity index (χ2v) is 6.32. The fourth-order valence-electron chi connectivity index (χ4n) is 2.90. The molecule has 0 bridgehead atoms. The molecule has 1 fully saturated rings. The summed E-state index contributed by atoms with van der Waals surface area (Å²) in [6, 6.07) is 6.29. The Bertz CT molecular complexity index is 481. The highest BCUT2D eigenvalue weighted by molar-refractivity contribution is 5.74. The van der Waals surface area contributed by atoms with Crippen molar-refractivity contribution in [3.05, 3.63) is 24.4 Å². The largest absolute Gasteiger partial charge is 0.357 e. The highest BCUT2D eigenvalue weighted by Gasteiger charge is 2.21. The van der Waals surface area contributed by atoms with Crippen molar-refractivity contribution in [2.75, 3.05) is 38.1 Å². The number of carbonyl (C=O) groups excluding carboxylic acids is 1. The van der Waals surface area contributed by atoms with E-state index in [9.17, 15) is 4.79 Å². The normalized spacial score (nSPS) is 19.3. The Hall–Kier alpha value is -1.82. The van der Waals surface area contributed by atoms with Gasteiger partial charge in [0.1, 0.15) is 5.82 Å². The van der Waals surface area contributed by atoms with Crippen LogP contribution in [0.1, 0.15) is 26.7 Å². The van der Waals surface area contributed by atoms with Crippen LogP contribution in [0.25, 0.3) is 0 Å². The number of aromatic nitrogens is 1. The zero-order chi connectivity index (χ0) is 16.7. The molecule has 1 aromatic heterocycles. The molecule has 0 radical (unpaired) electrons. The van der Waals surface area contributed by atoms with E-state index in [1.807, 2.05) is 31.3 Å². The lowest BCUT2D eigenvalue weighted by molar-refractivity contribution is 0.233. The van der Waals surface area contributed by atoms with Crippen LogP contribution in [0.3, 0.4) is 0 Å². The number of carbonyl (C=O) groups is 1. The lowest BCUT2D eigenvalue weighted by Gasteiger charge is -2.24. The third-order valence-electron chi connectivity index (χ3n) is 4.29. The lowest BCUT2D eigenvalue weighted by Crippen LogP contribution is -2.46. The van der Waals surface area contributed by atoms with Gasteiger partial charge in [-0.25, -0.2) is 9.78 Å². The van der Waals surface area contributed by atoms with Gasteiger partial charge in [-0.2, -0.15) is 0 Å². The maximum absolute atomic E-state index is 12.0. The maximum Gasteiger partial charge on any atom is 0.315 e. The monoisotopic (exact) mass is 319 g/mol. The zero-order valence-corrected chi connectivity index (χ0v) is 14.5. The third-order valence-corrected chi connectivity index (χ3v) is 4.29. The van der Waals surface area contributed by atoms with Crippen molar-refractivity contribution in [1.29, 1.82) is 0 Å². The standard InChI is InChI=1S/C17H29N5O/c1-4-22(16-7-5-6-10-18-16)12-8-14(2)19-17(23)20-15-9-11-21(3)13-15/h5-7,10,14-15H,4,8-9,11-13H2,1-3H3,(H2,19,20,23)/t14?,15-/m1/s1. The van der Waals surface area contributed by atoms with Crippen molar-refractivity contribution in [3.63, 3.8) is 0 Å². The summed E-state index contributed by atoms with van der Waals surface area (Å²) in [7, 11) is 2.08. The Kier molecular flexibility index (Phi) is 6.65. The average Bonchev–Trinajstić information content (AvgIpc) is 2.93. The number of urea groups is 1. The molecule has 2 atom stereocenters. The summed E-state index contributed by atoms with van der Waals surface area (Å²) in [5.41, 5.74) is 0. The van der Waals surface area contributed by atoms with E-state index in [1.54, 1.807) is 0 Å². The van der Waals surface area contributed by atoms with Crippen molar-refractivity contribution >= 4 is 11.8 Å². The fourth-order valence-corrected chi connectivity index (χ4v) is 2.90. The molecule has 6 heteroatoms. The Morgan fingerprint density at radius 2 is 2.35 bits per heavy atom. The topological polar surface area (TPSA) is 60.5 Å². The number of hydrogen-bond acceptors (Lipinski definition) is 4. The molecule has 2 N–H and O–H groups in total. The minimum absolute atomic E-state index is 0.0568. The zero-order valence-electron chi connectivity index (χ0n) is 14.5. The molecule has 1 aromatic rings. The SMILES string of the molecule is CCN(CCC(C)NC(=O)N[C@@H]1CCN(C)C1)c1ccccn1. The van der Waals surface area contributed by atoms with Crippen LogP contribution in [-0.2, 0) is 0 Å². The number of rotatable bonds is 7. The molecule has 23 heavy (non-hydrogen) atoms. The molecule has 128 valence electrons. The predicted octanol–water partition coefficient (Wildman–Crippen LogP) is 1.69. The molecule has 0 aliphatic carbocycles. The van der Waals surface area contributed by atoms with Crippen molar-refractivity contribution in [2.24, 2.45) is 0 Å². The van der Waals surface area contributed by atoms with E-state index in [0.717, 1.165) is 44.8 Å². The molecule has 1 saturated heterocycles. The van der Waals surface area contributed by atoms with Gasteiger partial charge in [0.25, 0.3) is 0 Å². The number of nitrogens with one attached hydrogen (secondary N) is 2. The Labute approximate surface area is 139 Å². The van der Waals surface area contributed by atoms with Crippen LogP contribution in [0, 0.1) is 0 Å². The smallest absolute Gasteiger partial charge is 0.315 e. The van der Waals surface area contributed by atoms with E-state index >= 15 is 0 Å². The summed E-state index contributed by atoms with van der Waals surface area (Å²) in [6.07, 6.45) is 3.73. The van der Waals surface area contributed by atoms with Gasteiger partial charge in [-0.15, -0.1) is 0 Å². The number of likely N-dealkylation sites (tertiary alicyclic amines) is 1. The first-order valence-corrected chi connectivity index (χ1v) is 8.50. The first-order valence-electron chi connectivity index (χ1n) is 8.50. The third kappa shape index (κ3) is 5.71. The molecule has 1 aliphatic heterocycles. The Morgan fingerprint density at radius 1 is 1.52 bits per heavy atom. The van der Waals surface area contributed by atoms with E-state index in [4.69, 9.17) is 0 Å². The van der Waals surface area contributed by atoms with E-state index < -0.39 is 0 Å². The Balaban J connectivity index is 1.71. The number of pyridine rings is 1. The molecule has 1 unspecified atom stereocenters. The minimum atomic E-state index is -0.0568. The van der Waals surface area contributed by atoms with Gasteiger partial charge in [0.2, 0.25) is 0 Å². The fraction of sp³-hybridized carbons (Fsp3) is 0.647. The molecule has 2 amide bonds. The average molecular weight is 319 g/mol. The number of hydrogen-bond donors (Lipinski definition) is 2. The highest BCUT2D eigenvalue weighted by atomic mass is 16.2. The van der Waals surface area contributed by atoms with Crippen LogP contribution in [0.2, 0.25) is 0 Å². The first-order chi connectivity index (χ1) is 11.1. The van der Waals surface area contributed by atoms with Crippen molar-refractivity contribution in [3.8, 4) is 0 Å². The van der Waals surface area contributed by atoms with Crippen LogP contribution >= 0.6 is 0 Å². The summed E-state index contributed by atoms with van der Waals surface area (Å²) < 4.78 is 0. The molecule has 2 heterocycles. The van der Waals surface area contributed by atoms with Gasteiger partial charge in [-0.1, -0.05) is 6.07 Å². The lowest BCUT2D eigenvalue weighted by atomic mass is 10.2. The summed E-state index contributed by atoms with van der Waals surface area (Å²) in [5, 5.41) is 6.09. The van der Waals surface area contributed by atoms with Gasteiger partial charge in [0, 0.05) is 37.9 Å². The first kappa shape index (κ1) is 17.5. The van der Waals surface area contributed by atoms with Crippen molar-refractivity contribution < 1.29 is 4.79 Å². The van der Waals surface area contributed by atoms with Crippen molar-refractivity contribution in [2.45, 2.75) is 38.8 Å². The van der Waals surface area contributed by atoms with Gasteiger partial charge in [0.15, 0.2) is 0 Å². The molecule has 6 nitrogen and oxygen atoms in total. The van der Waals surface area contributed by atoms with Crippen LogP contribution in [0.15, 0.2) is 24.4 Å². The van der Waals surface area contributed by atoms with Crippen LogP contribution in [0.4, 0.5) is 10.6 Å². The molecule has 0 saturated carbocycles. The minimum Gasteiger partial charge on any atom is -0.357 e. The Morgan fingerprint density at radius 3 is 2.96 bits per heavy atom. The van der Waals surface area contributed by atoms with E-state index in [1.165, 1.54) is 0 Å². The molecule has 0 spiro atoms. The van der Waals surface area contributed by atoms with Gasteiger partial charge >= 0.3 is 6.03 Å². The number of anilines is 1. The summed E-state index contributed by atoms with van der Waals surface area (Å²) in [4.78, 5) is 20.9. The maximum atomic E-state index is 12.0. The molecular weight excluding hydrogens is 290 g/mol. The van der Waals surface area contributed by atoms with E-state index in [-0.39, 0.29) is 18.1 Å².